The monoisotopic (exact) mass is 479 g/mol. The molecule has 2 N–H and O–H groups in total. The molecular weight excluding hydrogens is 458 g/mol. The summed E-state index contributed by atoms with van der Waals surface area (Å²) in [7, 11) is -2.63. The maximum atomic E-state index is 13.0. The third kappa shape index (κ3) is 5.77. The van der Waals surface area contributed by atoms with Crippen LogP contribution in [0.5, 0.6) is 0 Å². The highest BCUT2D eigenvalue weighted by Gasteiger charge is 2.27. The fourth-order valence-electron chi connectivity index (χ4n) is 2.70. The number of hydrogen-bond acceptors (Lipinski definition) is 6. The molecule has 1 aliphatic carbocycles. The summed E-state index contributed by atoms with van der Waals surface area (Å²) < 4.78 is 32.1. The molecular formula is C21H22ClN3O6S. The summed E-state index contributed by atoms with van der Waals surface area (Å²) in [5, 5.41) is 5.06. The van der Waals surface area contributed by atoms with Crippen molar-refractivity contribution in [1.29, 1.82) is 0 Å². The first-order valence-electron chi connectivity index (χ1n) is 9.75. The normalized spacial score (nSPS) is 14.2. The first-order chi connectivity index (χ1) is 15.1. The molecule has 0 saturated heterocycles. The lowest BCUT2D eigenvalue weighted by Crippen LogP contribution is -2.45. The van der Waals surface area contributed by atoms with Crippen LogP contribution < -0.4 is 14.9 Å². The number of urea groups is 1. The molecule has 1 unspecified atom stereocenters. The number of esters is 1. The first kappa shape index (κ1) is 23.6. The average molecular weight is 480 g/mol. The molecule has 0 heterocycles. The lowest BCUT2D eigenvalue weighted by molar-refractivity contribution is -0.127. The maximum Gasteiger partial charge on any atom is 0.338 e. The number of hydrogen-bond donors (Lipinski definition) is 2. The maximum absolute atomic E-state index is 13.0. The molecule has 11 heteroatoms. The minimum absolute atomic E-state index is 0.0624. The van der Waals surface area contributed by atoms with E-state index in [1.165, 1.54) is 38.2 Å². The largest absolute Gasteiger partial charge is 0.449 e. The van der Waals surface area contributed by atoms with Crippen LogP contribution in [-0.4, -0.2) is 45.5 Å². The molecule has 1 atom stereocenters. The Hall–Kier alpha value is -3.11. The van der Waals surface area contributed by atoms with E-state index in [1.807, 2.05) is 0 Å². The molecule has 0 aromatic heterocycles. The fraction of sp³-hybridized carbons (Fsp3) is 0.286. The second kappa shape index (κ2) is 9.58. The van der Waals surface area contributed by atoms with E-state index < -0.39 is 34.0 Å². The third-order valence-electron chi connectivity index (χ3n) is 4.70. The van der Waals surface area contributed by atoms with Crippen LogP contribution >= 0.6 is 11.6 Å². The quantitative estimate of drug-likeness (QED) is 0.589. The summed E-state index contributed by atoms with van der Waals surface area (Å²) in [6.07, 6.45) is 0.456. The van der Waals surface area contributed by atoms with Gasteiger partial charge in [0, 0.05) is 18.1 Å². The number of ether oxygens (including phenoxy) is 1. The number of carbonyl (C=O) groups is 3. The molecule has 32 heavy (non-hydrogen) atoms. The van der Waals surface area contributed by atoms with Gasteiger partial charge in [0.15, 0.2) is 6.10 Å². The Morgan fingerprint density at radius 2 is 1.81 bits per heavy atom. The van der Waals surface area contributed by atoms with Crippen molar-refractivity contribution in [3.05, 3.63) is 59.1 Å². The van der Waals surface area contributed by atoms with E-state index >= 15 is 0 Å². The van der Waals surface area contributed by atoms with Crippen molar-refractivity contribution in [2.75, 3.05) is 11.4 Å². The van der Waals surface area contributed by atoms with Gasteiger partial charge in [-0.2, -0.15) is 0 Å². The summed E-state index contributed by atoms with van der Waals surface area (Å²) in [4.78, 5) is 36.0. The Labute approximate surface area is 190 Å². The summed E-state index contributed by atoms with van der Waals surface area (Å²) >= 11 is 5.94. The van der Waals surface area contributed by atoms with Crippen LogP contribution in [0.1, 0.15) is 30.1 Å². The van der Waals surface area contributed by atoms with Crippen LogP contribution in [0.3, 0.4) is 0 Å². The fourth-order valence-corrected chi connectivity index (χ4v) is 4.12. The van der Waals surface area contributed by atoms with Crippen LogP contribution in [-0.2, 0) is 19.6 Å². The number of sulfonamides is 1. The number of imide groups is 1. The molecule has 3 amide bonds. The molecule has 1 fully saturated rings. The second-order valence-corrected chi connectivity index (χ2v) is 9.67. The van der Waals surface area contributed by atoms with Gasteiger partial charge >= 0.3 is 12.0 Å². The van der Waals surface area contributed by atoms with E-state index in [4.69, 9.17) is 16.3 Å². The van der Waals surface area contributed by atoms with Crippen LogP contribution in [0.15, 0.2) is 53.4 Å². The smallest absolute Gasteiger partial charge is 0.338 e. The lowest BCUT2D eigenvalue weighted by Gasteiger charge is -2.20. The van der Waals surface area contributed by atoms with Gasteiger partial charge in [-0.3, -0.25) is 14.4 Å². The Balaban J connectivity index is 1.69. The van der Waals surface area contributed by atoms with Gasteiger partial charge in [-0.1, -0.05) is 23.7 Å². The van der Waals surface area contributed by atoms with Crippen LogP contribution in [0.25, 0.3) is 0 Å². The minimum Gasteiger partial charge on any atom is -0.449 e. The van der Waals surface area contributed by atoms with Crippen molar-refractivity contribution in [1.82, 2.24) is 10.6 Å². The Kier molecular flexibility index (Phi) is 7.05. The Bertz CT molecular complexity index is 1150. The van der Waals surface area contributed by atoms with Crippen LogP contribution in [0.4, 0.5) is 10.5 Å². The highest BCUT2D eigenvalue weighted by Crippen LogP contribution is 2.25. The molecule has 2 aromatic carbocycles. The van der Waals surface area contributed by atoms with Gasteiger partial charge in [-0.15, -0.1) is 0 Å². The zero-order valence-corrected chi connectivity index (χ0v) is 18.9. The molecule has 0 bridgehead atoms. The predicted octanol–water partition coefficient (Wildman–Crippen LogP) is 2.70. The Morgan fingerprint density at radius 1 is 1.12 bits per heavy atom. The molecule has 170 valence electrons. The van der Waals surface area contributed by atoms with E-state index in [-0.39, 0.29) is 16.5 Å². The van der Waals surface area contributed by atoms with E-state index in [0.29, 0.717) is 10.7 Å². The van der Waals surface area contributed by atoms with Crippen molar-refractivity contribution in [2.24, 2.45) is 0 Å². The summed E-state index contributed by atoms with van der Waals surface area (Å²) in [6.45, 7) is 1.31. The van der Waals surface area contributed by atoms with Gasteiger partial charge < -0.3 is 10.1 Å². The van der Waals surface area contributed by atoms with Crippen molar-refractivity contribution < 1.29 is 27.5 Å². The number of amides is 3. The predicted molar refractivity (Wildman–Crippen MR) is 118 cm³/mol. The summed E-state index contributed by atoms with van der Waals surface area (Å²) in [5.74, 6) is -1.70. The second-order valence-electron chi connectivity index (χ2n) is 7.26. The molecule has 0 spiro atoms. The van der Waals surface area contributed by atoms with Gasteiger partial charge in [-0.25, -0.2) is 18.0 Å². The third-order valence-corrected chi connectivity index (χ3v) is 6.72. The van der Waals surface area contributed by atoms with Crippen LogP contribution in [0, 0.1) is 0 Å². The van der Waals surface area contributed by atoms with Gasteiger partial charge in [0.1, 0.15) is 0 Å². The van der Waals surface area contributed by atoms with Gasteiger partial charge in [0.25, 0.3) is 15.9 Å². The molecule has 0 radical (unpaired) electrons. The average Bonchev–Trinajstić information content (AvgIpc) is 3.56. The molecule has 0 aliphatic heterocycles. The van der Waals surface area contributed by atoms with E-state index in [1.54, 1.807) is 18.2 Å². The minimum atomic E-state index is -4.00. The number of carbonyl (C=O) groups excluding carboxylic acids is 3. The SMILES string of the molecule is CC(OC(=O)c1cccc(S(=O)(=O)N(C)c2cccc(Cl)c2)c1)C(=O)NC(=O)NC1CC1. The van der Waals surface area contributed by atoms with Gasteiger partial charge in [0.2, 0.25) is 0 Å². The number of benzene rings is 2. The number of nitrogens with zero attached hydrogens (tertiary/aromatic N) is 1. The molecule has 2 aromatic rings. The van der Waals surface area contributed by atoms with E-state index in [2.05, 4.69) is 10.6 Å². The molecule has 1 saturated carbocycles. The summed E-state index contributed by atoms with van der Waals surface area (Å²) in [6, 6.07) is 11.0. The van der Waals surface area contributed by atoms with E-state index in [0.717, 1.165) is 23.2 Å². The Morgan fingerprint density at radius 3 is 2.47 bits per heavy atom. The first-order valence-corrected chi connectivity index (χ1v) is 11.6. The molecule has 3 rings (SSSR count). The van der Waals surface area contributed by atoms with Crippen molar-refractivity contribution in [3.63, 3.8) is 0 Å². The lowest BCUT2D eigenvalue weighted by atomic mass is 10.2. The highest BCUT2D eigenvalue weighted by molar-refractivity contribution is 7.92. The number of halogens is 1. The topological polar surface area (TPSA) is 122 Å². The summed E-state index contributed by atoms with van der Waals surface area (Å²) in [5.41, 5.74) is 0.285. The van der Waals surface area contributed by atoms with Gasteiger partial charge in [-0.05, 0) is 56.2 Å². The van der Waals surface area contributed by atoms with Crippen molar-refractivity contribution in [2.45, 2.75) is 36.8 Å². The zero-order valence-electron chi connectivity index (χ0n) is 17.4. The molecule has 9 nitrogen and oxygen atoms in total. The number of anilines is 1. The van der Waals surface area contributed by atoms with E-state index in [9.17, 15) is 22.8 Å². The zero-order chi connectivity index (χ0) is 23.5. The van der Waals surface area contributed by atoms with Crippen LogP contribution in [0.2, 0.25) is 5.02 Å². The van der Waals surface area contributed by atoms with Crippen molar-refractivity contribution in [3.8, 4) is 0 Å². The standard InChI is InChI=1S/C21H22ClN3O6S/c1-13(19(26)24-21(28)23-16-9-10-16)31-20(27)14-5-3-8-18(11-14)32(29,30)25(2)17-7-4-6-15(22)12-17/h3-8,11-13,16H,9-10H2,1-2H3,(H2,23,24,26,28). The highest BCUT2D eigenvalue weighted by atomic mass is 35.5. The number of rotatable bonds is 7. The number of nitrogens with one attached hydrogen (secondary N) is 2. The molecule has 1 aliphatic rings. The van der Waals surface area contributed by atoms with Gasteiger partial charge in [0.05, 0.1) is 16.1 Å². The van der Waals surface area contributed by atoms with Crippen molar-refractivity contribution >= 4 is 45.2 Å².